The fourth-order valence-corrected chi connectivity index (χ4v) is 4.39. The third-order valence-corrected chi connectivity index (χ3v) is 5.90. The van der Waals surface area contributed by atoms with Crippen molar-refractivity contribution in [2.24, 2.45) is 0 Å². The highest BCUT2D eigenvalue weighted by molar-refractivity contribution is 7.90. The summed E-state index contributed by atoms with van der Waals surface area (Å²) in [5.41, 5.74) is 6.18. The second-order valence-corrected chi connectivity index (χ2v) is 7.53. The molecule has 0 aliphatic rings. The molecule has 0 fully saturated rings. The van der Waals surface area contributed by atoms with E-state index in [1.165, 1.54) is 11.1 Å². The molecular weight excluding hydrogens is 340 g/mol. The molecule has 3 aromatic rings. The van der Waals surface area contributed by atoms with E-state index < -0.39 is 10.0 Å². The maximum atomic E-state index is 13.2. The largest absolute Gasteiger partial charge is 0.496 e. The van der Waals surface area contributed by atoms with Crippen LogP contribution in [0.2, 0.25) is 0 Å². The van der Waals surface area contributed by atoms with Crippen LogP contribution in [0.4, 0.5) is 0 Å². The molecule has 3 N–H and O–H groups in total. The summed E-state index contributed by atoms with van der Waals surface area (Å²) in [5.74, 6) is 0.330. The monoisotopic (exact) mass is 359 g/mol. The Morgan fingerprint density at radius 1 is 1.16 bits per heavy atom. The lowest BCUT2D eigenvalue weighted by molar-refractivity contribution is -0.387. The van der Waals surface area contributed by atoms with Gasteiger partial charge in [0.15, 0.2) is 6.29 Å². The molecule has 25 heavy (non-hydrogen) atoms. The van der Waals surface area contributed by atoms with E-state index in [4.69, 9.17) is 4.74 Å². The number of nitrogens with zero attached hydrogens (tertiary/aromatic N) is 1. The number of aldehydes is 1. The molecule has 0 radical (unpaired) electrons. The minimum atomic E-state index is -3.79. The summed E-state index contributed by atoms with van der Waals surface area (Å²) in [6, 6.07) is 11.6. The summed E-state index contributed by atoms with van der Waals surface area (Å²) in [5, 5.41) is 0.650. The Balaban J connectivity index is 2.34. The number of aryl methyl sites for hydroxylation is 1. The van der Waals surface area contributed by atoms with Crippen LogP contribution >= 0.6 is 0 Å². The normalized spacial score (nSPS) is 11.6. The quantitative estimate of drug-likeness (QED) is 0.702. The van der Waals surface area contributed by atoms with Gasteiger partial charge in [0.05, 0.1) is 28.8 Å². The molecule has 0 saturated heterocycles. The van der Waals surface area contributed by atoms with Crippen LogP contribution in [0.15, 0.2) is 47.4 Å². The van der Waals surface area contributed by atoms with Crippen LogP contribution < -0.4 is 10.5 Å². The van der Waals surface area contributed by atoms with E-state index in [0.29, 0.717) is 40.7 Å². The molecular formula is C18H19N2O4S+. The van der Waals surface area contributed by atoms with Crippen molar-refractivity contribution in [3.8, 4) is 5.75 Å². The van der Waals surface area contributed by atoms with Crippen LogP contribution in [0.3, 0.4) is 0 Å². The number of hydrogen-bond acceptors (Lipinski definition) is 4. The van der Waals surface area contributed by atoms with E-state index in [2.05, 4.69) is 5.73 Å². The molecule has 7 heteroatoms. The summed E-state index contributed by atoms with van der Waals surface area (Å²) in [6.45, 7) is 2.19. The average molecular weight is 359 g/mol. The Hall–Kier alpha value is -2.64. The maximum absolute atomic E-state index is 13.2. The lowest BCUT2D eigenvalue weighted by atomic mass is 10.1. The molecule has 130 valence electrons. The summed E-state index contributed by atoms with van der Waals surface area (Å²) >= 11 is 0. The van der Waals surface area contributed by atoms with Gasteiger partial charge < -0.3 is 10.5 Å². The zero-order chi connectivity index (χ0) is 18.2. The van der Waals surface area contributed by atoms with E-state index in [9.17, 15) is 13.2 Å². The van der Waals surface area contributed by atoms with Gasteiger partial charge in [0.2, 0.25) is 0 Å². The highest BCUT2D eigenvalue weighted by Crippen LogP contribution is 2.30. The van der Waals surface area contributed by atoms with Crippen molar-refractivity contribution in [2.45, 2.75) is 18.4 Å². The molecule has 0 unspecified atom stereocenters. The summed E-state index contributed by atoms with van der Waals surface area (Å²) < 4.78 is 32.9. The first kappa shape index (κ1) is 17.2. The number of carbonyl (C=O) groups excluding carboxylic acids is 1. The van der Waals surface area contributed by atoms with Crippen LogP contribution in [0.5, 0.6) is 5.75 Å². The zero-order valence-corrected chi connectivity index (χ0v) is 14.8. The first-order valence-corrected chi connectivity index (χ1v) is 9.15. The lowest BCUT2D eigenvalue weighted by Gasteiger charge is -2.12. The summed E-state index contributed by atoms with van der Waals surface area (Å²) in [6.07, 6.45) is 0.688. The van der Waals surface area contributed by atoms with Crippen molar-refractivity contribution in [3.05, 3.63) is 59.3 Å². The predicted octanol–water partition coefficient (Wildman–Crippen LogP) is 1.75. The number of aromatic nitrogens is 1. The molecule has 1 heterocycles. The Bertz CT molecular complexity index is 1050. The number of benzene rings is 2. The second kappa shape index (κ2) is 6.34. The SMILES string of the molecule is COc1cc2c(cc1C=O)cc(C[NH3+])n2S(=O)(=O)c1ccc(C)cc1. The standard InChI is InChI=1S/C18H18N2O4S/c1-12-3-5-16(6-4-12)25(22,23)20-15(10-19)8-13-7-14(11-21)18(24-2)9-17(13)20/h3-9,11H,10,19H2,1-2H3/p+1. The predicted molar refractivity (Wildman–Crippen MR) is 94.2 cm³/mol. The van der Waals surface area contributed by atoms with Gasteiger partial charge in [-0.2, -0.15) is 0 Å². The molecule has 0 atom stereocenters. The first-order valence-electron chi connectivity index (χ1n) is 7.71. The van der Waals surface area contributed by atoms with Gasteiger partial charge in [0.1, 0.15) is 12.3 Å². The third kappa shape index (κ3) is 2.81. The maximum Gasteiger partial charge on any atom is 0.268 e. The van der Waals surface area contributed by atoms with Gasteiger partial charge in [-0.25, -0.2) is 12.4 Å². The highest BCUT2D eigenvalue weighted by Gasteiger charge is 2.24. The molecule has 0 saturated carbocycles. The van der Waals surface area contributed by atoms with Gasteiger partial charge in [-0.3, -0.25) is 4.79 Å². The Morgan fingerprint density at radius 2 is 1.84 bits per heavy atom. The van der Waals surface area contributed by atoms with Crippen molar-refractivity contribution < 1.29 is 23.7 Å². The smallest absolute Gasteiger partial charge is 0.268 e. The molecule has 0 spiro atoms. The average Bonchev–Trinajstić information content (AvgIpc) is 2.98. The van der Waals surface area contributed by atoms with Gasteiger partial charge in [0.25, 0.3) is 10.0 Å². The van der Waals surface area contributed by atoms with Crippen molar-refractivity contribution in [1.29, 1.82) is 0 Å². The Kier molecular flexibility index (Phi) is 4.36. The van der Waals surface area contributed by atoms with Gasteiger partial charge in [0, 0.05) is 11.5 Å². The molecule has 0 aliphatic carbocycles. The van der Waals surface area contributed by atoms with Crippen molar-refractivity contribution in [1.82, 2.24) is 3.97 Å². The fourth-order valence-electron chi connectivity index (χ4n) is 2.83. The third-order valence-electron chi connectivity index (χ3n) is 4.12. The van der Waals surface area contributed by atoms with E-state index >= 15 is 0 Å². The van der Waals surface area contributed by atoms with Crippen LogP contribution in [0, 0.1) is 6.92 Å². The molecule has 1 aromatic heterocycles. The minimum absolute atomic E-state index is 0.198. The van der Waals surface area contributed by atoms with Gasteiger partial charge in [-0.15, -0.1) is 0 Å². The first-order chi connectivity index (χ1) is 11.9. The number of hydrogen-bond donors (Lipinski definition) is 1. The van der Waals surface area contributed by atoms with Crippen molar-refractivity contribution >= 4 is 27.2 Å². The molecule has 0 bridgehead atoms. The molecule has 6 nitrogen and oxygen atoms in total. The molecule has 3 rings (SSSR count). The van der Waals surface area contributed by atoms with Crippen LogP contribution in [0.1, 0.15) is 21.6 Å². The van der Waals surface area contributed by atoms with E-state index in [1.807, 2.05) is 6.92 Å². The number of ether oxygens (including phenoxy) is 1. The minimum Gasteiger partial charge on any atom is -0.496 e. The fraction of sp³-hybridized carbons (Fsp3) is 0.167. The summed E-state index contributed by atoms with van der Waals surface area (Å²) in [4.78, 5) is 11.4. The number of fused-ring (bicyclic) bond motifs is 1. The Labute approximate surface area is 145 Å². The highest BCUT2D eigenvalue weighted by atomic mass is 32.2. The van der Waals surface area contributed by atoms with Crippen molar-refractivity contribution in [3.63, 3.8) is 0 Å². The van der Waals surface area contributed by atoms with E-state index in [-0.39, 0.29) is 4.90 Å². The van der Waals surface area contributed by atoms with Crippen LogP contribution in [-0.2, 0) is 16.6 Å². The molecule has 0 aliphatic heterocycles. The van der Waals surface area contributed by atoms with Gasteiger partial charge in [-0.1, -0.05) is 17.7 Å². The summed E-state index contributed by atoms with van der Waals surface area (Å²) in [7, 11) is -2.35. The van der Waals surface area contributed by atoms with Crippen LogP contribution in [-0.4, -0.2) is 25.8 Å². The zero-order valence-electron chi connectivity index (χ0n) is 14.0. The molecule has 0 amide bonds. The van der Waals surface area contributed by atoms with Gasteiger partial charge in [-0.05, 0) is 31.2 Å². The number of carbonyl (C=O) groups is 1. The number of quaternary nitrogens is 1. The topological polar surface area (TPSA) is 93.0 Å². The molecule has 2 aromatic carbocycles. The lowest BCUT2D eigenvalue weighted by Crippen LogP contribution is -2.48. The Morgan fingerprint density at radius 3 is 2.40 bits per heavy atom. The van der Waals surface area contributed by atoms with E-state index in [1.54, 1.807) is 42.5 Å². The van der Waals surface area contributed by atoms with Crippen molar-refractivity contribution in [2.75, 3.05) is 7.11 Å². The number of methoxy groups -OCH3 is 1. The van der Waals surface area contributed by atoms with Gasteiger partial charge >= 0.3 is 0 Å². The van der Waals surface area contributed by atoms with Crippen LogP contribution in [0.25, 0.3) is 10.9 Å². The second-order valence-electron chi connectivity index (χ2n) is 5.74. The van der Waals surface area contributed by atoms with E-state index in [0.717, 1.165) is 5.56 Å². The number of rotatable bonds is 5.